The Kier molecular flexibility index (Phi) is 6.99. The van der Waals surface area contributed by atoms with Gasteiger partial charge in [0.05, 0.1) is 0 Å². The van der Waals surface area contributed by atoms with E-state index in [1.165, 1.54) is 6.07 Å². The number of benzene rings is 3. The maximum atomic E-state index is 14.8. The molecule has 0 spiro atoms. The third kappa shape index (κ3) is 5.73. The molecule has 1 aliphatic carbocycles. The number of ether oxygens (including phenoxy) is 2. The second kappa shape index (κ2) is 10.5. The Morgan fingerprint density at radius 2 is 1.62 bits per heavy atom. The average molecular weight is 534 g/mol. The molecular weight excluding hydrogens is 509 g/mol. The van der Waals surface area contributed by atoms with Crippen LogP contribution in [0.25, 0.3) is 34.0 Å². The molecule has 0 unspecified atom stereocenters. The van der Waals surface area contributed by atoms with Crippen molar-refractivity contribution in [1.29, 1.82) is 0 Å². The molecule has 0 amide bonds. The predicted octanol–water partition coefficient (Wildman–Crippen LogP) is 5.89. The van der Waals surface area contributed by atoms with Gasteiger partial charge in [0.25, 0.3) is 11.7 Å². The Balaban J connectivity index is 1.22. The van der Waals surface area contributed by atoms with Gasteiger partial charge in [-0.05, 0) is 30.3 Å². The van der Waals surface area contributed by atoms with Crippen molar-refractivity contribution < 1.29 is 38.2 Å². The minimum Gasteiger partial charge on any atom is -0.450 e. The van der Waals surface area contributed by atoms with Crippen LogP contribution >= 0.6 is 0 Å². The van der Waals surface area contributed by atoms with Crippen molar-refractivity contribution in [2.24, 2.45) is 0 Å². The fourth-order valence-electron chi connectivity index (χ4n) is 4.61. The maximum Gasteiger partial charge on any atom is 0.509 e. The van der Waals surface area contributed by atoms with Crippen molar-refractivity contribution in [2.75, 3.05) is 7.05 Å². The van der Waals surface area contributed by atoms with E-state index in [-0.39, 0.29) is 30.6 Å². The number of hydrogen-bond acceptors (Lipinski definition) is 8. The summed E-state index contributed by atoms with van der Waals surface area (Å²) >= 11 is 0. The number of nitrogens with zero attached hydrogens (tertiary/aromatic N) is 3. The molecule has 1 aliphatic rings. The highest BCUT2D eigenvalue weighted by molar-refractivity contribution is 5.68. The molecule has 0 aliphatic heterocycles. The summed E-state index contributed by atoms with van der Waals surface area (Å²) in [5, 5.41) is 21.8. The zero-order valence-electron chi connectivity index (χ0n) is 20.8. The zero-order chi connectivity index (χ0) is 27.6. The Morgan fingerprint density at radius 3 is 2.23 bits per heavy atom. The molecule has 200 valence electrons. The minimum atomic E-state index is -1.68. The molecule has 0 bridgehead atoms. The van der Waals surface area contributed by atoms with E-state index in [2.05, 4.69) is 19.6 Å². The van der Waals surface area contributed by atoms with Crippen LogP contribution in [0.3, 0.4) is 0 Å². The molecule has 10 nitrogen and oxygen atoms in total. The second-order valence-electron chi connectivity index (χ2n) is 9.30. The SMILES string of the molecule is CN(Cc1ccc(-c2noc(-c3ccc(-c4ccccc4)c(F)c3)n2)cc1)C1CC(OC(=O)O)(OC(=O)O)C1. The molecule has 2 N–H and O–H groups in total. The van der Waals surface area contributed by atoms with Crippen molar-refractivity contribution in [3.63, 3.8) is 0 Å². The van der Waals surface area contributed by atoms with Gasteiger partial charge in [0.15, 0.2) is 0 Å². The van der Waals surface area contributed by atoms with E-state index < -0.39 is 18.1 Å². The molecule has 4 aromatic rings. The third-order valence-corrected chi connectivity index (χ3v) is 6.63. The molecule has 0 atom stereocenters. The molecule has 39 heavy (non-hydrogen) atoms. The zero-order valence-corrected chi connectivity index (χ0v) is 20.8. The van der Waals surface area contributed by atoms with Gasteiger partial charge >= 0.3 is 12.3 Å². The topological polar surface area (TPSA) is 135 Å². The van der Waals surface area contributed by atoms with Crippen molar-refractivity contribution in [1.82, 2.24) is 15.0 Å². The lowest BCUT2D eigenvalue weighted by atomic mass is 9.83. The maximum absolute atomic E-state index is 14.8. The smallest absolute Gasteiger partial charge is 0.450 e. The molecule has 0 radical (unpaired) electrons. The van der Waals surface area contributed by atoms with Crippen molar-refractivity contribution in [2.45, 2.75) is 31.2 Å². The molecule has 1 saturated carbocycles. The fraction of sp³-hybridized carbons (Fsp3) is 0.214. The van der Waals surface area contributed by atoms with Crippen LogP contribution in [0, 0.1) is 5.82 Å². The Morgan fingerprint density at radius 1 is 0.974 bits per heavy atom. The summed E-state index contributed by atoms with van der Waals surface area (Å²) in [6.07, 6.45) is -2.99. The number of carboxylic acid groups (broad SMARTS) is 2. The Bertz CT molecular complexity index is 1470. The number of rotatable bonds is 8. The summed E-state index contributed by atoms with van der Waals surface area (Å²) < 4.78 is 29.5. The van der Waals surface area contributed by atoms with Crippen LogP contribution in [0.1, 0.15) is 18.4 Å². The highest BCUT2D eigenvalue weighted by Gasteiger charge is 2.53. The summed E-state index contributed by atoms with van der Waals surface area (Å²) in [5.41, 5.74) is 3.40. The van der Waals surface area contributed by atoms with Crippen molar-refractivity contribution in [3.8, 4) is 34.0 Å². The Labute approximate surface area is 222 Å². The van der Waals surface area contributed by atoms with Crippen LogP contribution in [0.15, 0.2) is 77.3 Å². The molecule has 3 aromatic carbocycles. The van der Waals surface area contributed by atoms with Crippen LogP contribution in [0.4, 0.5) is 14.0 Å². The van der Waals surface area contributed by atoms with E-state index in [4.69, 9.17) is 14.7 Å². The first-order chi connectivity index (χ1) is 18.7. The van der Waals surface area contributed by atoms with Crippen LogP contribution in [-0.2, 0) is 16.0 Å². The molecule has 1 aromatic heterocycles. The van der Waals surface area contributed by atoms with Crippen molar-refractivity contribution in [3.05, 3.63) is 84.2 Å². The molecule has 0 saturated heterocycles. The molecule has 11 heteroatoms. The predicted molar refractivity (Wildman–Crippen MR) is 136 cm³/mol. The first kappa shape index (κ1) is 25.9. The van der Waals surface area contributed by atoms with E-state index in [1.54, 1.807) is 12.1 Å². The van der Waals surface area contributed by atoms with Crippen LogP contribution < -0.4 is 0 Å². The van der Waals surface area contributed by atoms with E-state index >= 15 is 0 Å². The number of carbonyl (C=O) groups is 2. The number of hydrogen-bond donors (Lipinski definition) is 2. The van der Waals surface area contributed by atoms with Crippen LogP contribution in [0.5, 0.6) is 0 Å². The van der Waals surface area contributed by atoms with Gasteiger partial charge < -0.3 is 24.2 Å². The van der Waals surface area contributed by atoms with Gasteiger partial charge in [-0.3, -0.25) is 4.90 Å². The normalized spacial score (nSPS) is 14.5. The average Bonchev–Trinajstić information content (AvgIpc) is 3.37. The van der Waals surface area contributed by atoms with Crippen molar-refractivity contribution >= 4 is 12.3 Å². The lowest BCUT2D eigenvalue weighted by Crippen LogP contribution is -2.58. The number of aromatic nitrogens is 2. The van der Waals surface area contributed by atoms with E-state index in [0.29, 0.717) is 29.1 Å². The molecular formula is C28H24FN3O7. The van der Waals surface area contributed by atoms with Gasteiger partial charge in [0.2, 0.25) is 5.82 Å². The van der Waals surface area contributed by atoms with Gasteiger partial charge in [-0.2, -0.15) is 4.98 Å². The summed E-state index contributed by atoms with van der Waals surface area (Å²) in [4.78, 5) is 28.2. The summed E-state index contributed by atoms with van der Waals surface area (Å²) in [7, 11) is 1.84. The summed E-state index contributed by atoms with van der Waals surface area (Å²) in [5.74, 6) is -1.51. The summed E-state index contributed by atoms with van der Waals surface area (Å²) in [6, 6.07) is 21.4. The quantitative estimate of drug-likeness (QED) is 0.208. The van der Waals surface area contributed by atoms with Gasteiger partial charge in [0.1, 0.15) is 5.82 Å². The van der Waals surface area contributed by atoms with Crippen LogP contribution in [0.2, 0.25) is 0 Å². The van der Waals surface area contributed by atoms with Gasteiger partial charge in [-0.15, -0.1) is 0 Å². The highest BCUT2D eigenvalue weighted by Crippen LogP contribution is 2.40. The largest absolute Gasteiger partial charge is 0.509 e. The molecule has 1 fully saturated rings. The van der Waals surface area contributed by atoms with E-state index in [0.717, 1.165) is 11.1 Å². The third-order valence-electron chi connectivity index (χ3n) is 6.63. The monoisotopic (exact) mass is 533 g/mol. The fourth-order valence-corrected chi connectivity index (χ4v) is 4.61. The molecule has 1 heterocycles. The Hall–Kier alpha value is -4.77. The standard InChI is InChI=1S/C28H24FN3O7/c1-32(21-14-28(15-21,37-26(33)34)38-27(35)36)16-17-7-9-19(10-8-17)24-30-25(39-31-24)20-11-12-22(23(29)13-20)18-5-3-2-4-6-18/h2-13,21H,14-16H2,1H3,(H,33,34)(H,35,36). The van der Waals surface area contributed by atoms with E-state index in [9.17, 15) is 14.0 Å². The number of halogens is 1. The summed E-state index contributed by atoms with van der Waals surface area (Å²) in [6.45, 7) is 0.520. The first-order valence-corrected chi connectivity index (χ1v) is 12.0. The van der Waals surface area contributed by atoms with Gasteiger partial charge in [0, 0.05) is 42.1 Å². The van der Waals surface area contributed by atoms with Gasteiger partial charge in [-0.25, -0.2) is 14.0 Å². The highest BCUT2D eigenvalue weighted by atomic mass is 19.1. The van der Waals surface area contributed by atoms with Gasteiger partial charge in [-0.1, -0.05) is 65.8 Å². The molecule has 5 rings (SSSR count). The van der Waals surface area contributed by atoms with E-state index in [1.807, 2.05) is 66.5 Å². The lowest BCUT2D eigenvalue weighted by molar-refractivity contribution is -0.246. The first-order valence-electron chi connectivity index (χ1n) is 12.0. The van der Waals surface area contributed by atoms with Crippen LogP contribution in [-0.4, -0.2) is 56.4 Å². The lowest BCUT2D eigenvalue weighted by Gasteiger charge is -2.47. The second-order valence-corrected chi connectivity index (χ2v) is 9.30. The minimum absolute atomic E-state index is 0.0960.